The summed E-state index contributed by atoms with van der Waals surface area (Å²) in [6.07, 6.45) is 21.5. The number of nitrogens with zero attached hydrogens (tertiary/aromatic N) is 6. The molecule has 0 radical (unpaired) electrons. The van der Waals surface area contributed by atoms with Crippen molar-refractivity contribution in [3.63, 3.8) is 0 Å². The van der Waals surface area contributed by atoms with Crippen LogP contribution in [0.1, 0.15) is 77.7 Å². The highest BCUT2D eigenvalue weighted by Gasteiger charge is 2.27. The third kappa shape index (κ3) is 19.6. The van der Waals surface area contributed by atoms with Crippen LogP contribution in [0.4, 0.5) is 0 Å². The predicted octanol–water partition coefficient (Wildman–Crippen LogP) is 3.56. The van der Waals surface area contributed by atoms with Gasteiger partial charge in [-0.2, -0.15) is 5.10 Å². The molecule has 0 saturated heterocycles. The zero-order chi connectivity index (χ0) is 38.2. The molecule has 0 aromatic carbocycles. The third-order valence-corrected chi connectivity index (χ3v) is 6.83. The largest absolute Gasteiger partial charge is 0.348 e. The Morgan fingerprint density at radius 3 is 1.82 bits per heavy atom. The van der Waals surface area contributed by atoms with Crippen molar-refractivity contribution in [2.45, 2.75) is 85.7 Å². The lowest BCUT2D eigenvalue weighted by atomic mass is 9.86. The molecule has 5 rings (SSSR count). The van der Waals surface area contributed by atoms with Gasteiger partial charge in [0.15, 0.2) is 5.78 Å². The molecule has 0 amide bonds. The molecule has 5 aromatic rings. The van der Waals surface area contributed by atoms with Crippen LogP contribution in [-0.2, 0) is 48.8 Å². The molecule has 0 fully saturated rings. The Balaban J connectivity index is 0.000000319. The van der Waals surface area contributed by atoms with Crippen molar-refractivity contribution < 1.29 is 24.0 Å². The number of carbonyl (C=O) groups is 5. The maximum Gasteiger partial charge on any atom is 0.152 e. The quantitative estimate of drug-likeness (QED) is 0.118. The number of allylic oxidation sites excluding steroid dienone is 1. The van der Waals surface area contributed by atoms with Gasteiger partial charge in [-0.25, -0.2) is 19.9 Å². The summed E-state index contributed by atoms with van der Waals surface area (Å²) in [5.41, 5.74) is 8.67. The van der Waals surface area contributed by atoms with Crippen molar-refractivity contribution in [1.29, 1.82) is 0 Å². The number of aryl methyl sites for hydroxylation is 1. The summed E-state index contributed by atoms with van der Waals surface area (Å²) < 4.78 is 1.64. The van der Waals surface area contributed by atoms with E-state index in [1.807, 2.05) is 13.8 Å². The van der Waals surface area contributed by atoms with Crippen molar-refractivity contribution in [1.82, 2.24) is 49.7 Å². The molecule has 0 bridgehead atoms. The molecule has 16 heteroatoms. The zero-order valence-electron chi connectivity index (χ0n) is 30.2. The van der Waals surface area contributed by atoms with Gasteiger partial charge in [0.05, 0.1) is 55.2 Å². The van der Waals surface area contributed by atoms with Gasteiger partial charge in [0.1, 0.15) is 23.1 Å². The van der Waals surface area contributed by atoms with Gasteiger partial charge >= 0.3 is 0 Å². The summed E-state index contributed by atoms with van der Waals surface area (Å²) in [6, 6.07) is 1.36. The second-order valence-corrected chi connectivity index (χ2v) is 11.8. The van der Waals surface area contributed by atoms with E-state index in [-0.39, 0.29) is 28.9 Å². The topological polar surface area (TPSA) is 244 Å². The van der Waals surface area contributed by atoms with Crippen molar-refractivity contribution in [2.75, 3.05) is 0 Å². The SMILES string of the molecule is CC(=O)/C=C/c1cnc[nH]1.CC(=O)C(C)(C)c1cnc[nH]1.CC(=O)C(N)Cn1cccn1.CC(=O)CCc1cnc[nH]1.CC(=O)Cc1cnc[nH]1. The van der Waals surface area contributed by atoms with E-state index in [0.717, 1.165) is 29.2 Å². The average Bonchev–Trinajstić information content (AvgIpc) is 3.92. The fraction of sp³-hybridized carbons (Fsp3) is 0.371. The highest BCUT2D eigenvalue weighted by Crippen LogP contribution is 2.20. The number of carbonyl (C=O) groups excluding carboxylic acids is 5. The molecule has 274 valence electrons. The van der Waals surface area contributed by atoms with E-state index in [9.17, 15) is 24.0 Å². The summed E-state index contributed by atoms with van der Waals surface area (Å²) in [4.78, 5) is 80.0. The number of nitrogens with two attached hydrogens (primary N) is 1. The van der Waals surface area contributed by atoms with Crippen molar-refractivity contribution in [3.05, 3.63) is 97.4 Å². The fourth-order valence-corrected chi connectivity index (χ4v) is 3.47. The fourth-order valence-electron chi connectivity index (χ4n) is 3.47. The third-order valence-electron chi connectivity index (χ3n) is 6.83. The van der Waals surface area contributed by atoms with Gasteiger partial charge < -0.3 is 30.5 Å². The second-order valence-electron chi connectivity index (χ2n) is 11.8. The number of aromatic amines is 4. The number of ketones is 5. The molecule has 0 saturated carbocycles. The molecule has 0 aliphatic carbocycles. The molecule has 51 heavy (non-hydrogen) atoms. The van der Waals surface area contributed by atoms with E-state index in [1.165, 1.54) is 19.9 Å². The van der Waals surface area contributed by atoms with Gasteiger partial charge in [-0.3, -0.25) is 23.9 Å². The monoisotopic (exact) mass is 703 g/mol. The number of aromatic nitrogens is 10. The van der Waals surface area contributed by atoms with Crippen LogP contribution in [0.5, 0.6) is 0 Å². The van der Waals surface area contributed by atoms with Gasteiger partial charge in [0.2, 0.25) is 0 Å². The molecule has 0 aliphatic heterocycles. The lowest BCUT2D eigenvalue weighted by Gasteiger charge is -2.18. The standard InChI is InChI=1S/C8H12N2O.C7H11N3O.C7H10N2O.C7H8N2O.C6H8N2O/c1-6(11)8(2,3)7-4-9-5-10-7;1-6(11)7(8)5-10-4-2-3-9-10;2*1-6(10)2-3-7-4-8-5-9-7;1-5(9)2-6-3-7-4-8-6/h4-5H,1-3H3,(H,9,10);2-4,7H,5,8H2,1H3;4-5H,2-3H2,1H3,(H,8,9);2-5H,1H3,(H,8,9);3-4H,2H2,1H3,(H,7,8)/b;;;3-2+;. The van der Waals surface area contributed by atoms with E-state index in [2.05, 4.69) is 45.0 Å². The van der Waals surface area contributed by atoms with E-state index in [0.29, 0.717) is 19.4 Å². The van der Waals surface area contributed by atoms with Crippen molar-refractivity contribution >= 4 is 35.0 Å². The van der Waals surface area contributed by atoms with Crippen LogP contribution in [0.25, 0.3) is 6.08 Å². The smallest absolute Gasteiger partial charge is 0.152 e. The van der Waals surface area contributed by atoms with E-state index in [4.69, 9.17) is 5.73 Å². The maximum atomic E-state index is 11.1. The maximum absolute atomic E-state index is 11.1. The first kappa shape index (κ1) is 43.1. The van der Waals surface area contributed by atoms with Crippen LogP contribution >= 0.6 is 0 Å². The molecule has 1 atom stereocenters. The molecule has 16 nitrogen and oxygen atoms in total. The van der Waals surface area contributed by atoms with Gasteiger partial charge in [-0.1, -0.05) is 0 Å². The van der Waals surface area contributed by atoms with Crippen LogP contribution < -0.4 is 5.73 Å². The summed E-state index contributed by atoms with van der Waals surface area (Å²) >= 11 is 0. The molecular weight excluding hydrogens is 654 g/mol. The Morgan fingerprint density at radius 1 is 0.804 bits per heavy atom. The number of rotatable bonds is 12. The number of hydrogen-bond donors (Lipinski definition) is 5. The van der Waals surface area contributed by atoms with Crippen LogP contribution in [-0.4, -0.2) is 84.6 Å². The number of imidazole rings is 4. The number of hydrogen-bond acceptors (Lipinski definition) is 11. The molecule has 0 aliphatic rings. The first-order chi connectivity index (χ1) is 24.1. The Kier molecular flexibility index (Phi) is 19.8. The average molecular weight is 704 g/mol. The zero-order valence-corrected chi connectivity index (χ0v) is 30.2. The minimum Gasteiger partial charge on any atom is -0.348 e. The number of H-pyrrole nitrogens is 4. The minimum atomic E-state index is -0.435. The Bertz CT molecular complexity index is 1710. The summed E-state index contributed by atoms with van der Waals surface area (Å²) in [6.45, 7) is 11.9. The summed E-state index contributed by atoms with van der Waals surface area (Å²) in [5, 5.41) is 3.92. The van der Waals surface area contributed by atoms with E-state index >= 15 is 0 Å². The normalized spacial score (nSPS) is 10.9. The molecule has 6 N–H and O–H groups in total. The lowest BCUT2D eigenvalue weighted by molar-refractivity contribution is -0.121. The lowest BCUT2D eigenvalue weighted by Crippen LogP contribution is -2.33. The van der Waals surface area contributed by atoms with Crippen molar-refractivity contribution in [3.8, 4) is 0 Å². The number of Topliss-reactive ketones (excluding diaryl/α,β-unsaturated/α-hetero) is 4. The first-order valence-corrected chi connectivity index (χ1v) is 16.0. The van der Waals surface area contributed by atoms with E-state index in [1.54, 1.807) is 100 Å². The van der Waals surface area contributed by atoms with Crippen molar-refractivity contribution in [2.24, 2.45) is 5.73 Å². The Morgan fingerprint density at radius 2 is 1.39 bits per heavy atom. The second kappa shape index (κ2) is 23.5. The first-order valence-electron chi connectivity index (χ1n) is 16.0. The van der Waals surface area contributed by atoms with Gasteiger partial charge in [0, 0.05) is 60.9 Å². The predicted molar refractivity (Wildman–Crippen MR) is 192 cm³/mol. The van der Waals surface area contributed by atoms with E-state index < -0.39 is 11.5 Å². The minimum absolute atomic E-state index is 0.0134. The van der Waals surface area contributed by atoms with Gasteiger partial charge in [-0.15, -0.1) is 0 Å². The number of nitrogens with one attached hydrogen (secondary N) is 4. The Labute approximate surface area is 297 Å². The highest BCUT2D eigenvalue weighted by molar-refractivity contribution is 5.91. The van der Waals surface area contributed by atoms with Gasteiger partial charge in [0.25, 0.3) is 0 Å². The van der Waals surface area contributed by atoms with Crippen LogP contribution in [0.3, 0.4) is 0 Å². The molecule has 5 heterocycles. The van der Waals surface area contributed by atoms with Gasteiger partial charge in [-0.05, 0) is 73.1 Å². The summed E-state index contributed by atoms with van der Waals surface area (Å²) in [5.74, 6) is 0.533. The highest BCUT2D eigenvalue weighted by atomic mass is 16.1. The molecular formula is C35H49N11O5. The van der Waals surface area contributed by atoms with Crippen LogP contribution in [0.15, 0.2) is 74.6 Å². The van der Waals surface area contributed by atoms with Crippen LogP contribution in [0, 0.1) is 0 Å². The molecule has 5 aromatic heterocycles. The molecule has 0 spiro atoms. The Hall–Kier alpha value is -5.90. The van der Waals surface area contributed by atoms with Crippen LogP contribution in [0.2, 0.25) is 0 Å². The summed E-state index contributed by atoms with van der Waals surface area (Å²) in [7, 11) is 0. The molecule has 1 unspecified atom stereocenters.